The van der Waals surface area contributed by atoms with Gasteiger partial charge >= 0.3 is 11.9 Å². The van der Waals surface area contributed by atoms with E-state index >= 15 is 4.39 Å². The van der Waals surface area contributed by atoms with E-state index in [1.165, 1.54) is 27.9 Å². The number of fused-ring (bicyclic) bond motifs is 5. The van der Waals surface area contributed by atoms with Gasteiger partial charge in [-0.25, -0.2) is 14.2 Å². The summed E-state index contributed by atoms with van der Waals surface area (Å²) in [4.78, 5) is 90.2. The van der Waals surface area contributed by atoms with Gasteiger partial charge < -0.3 is 43.8 Å². The van der Waals surface area contributed by atoms with Crippen LogP contribution in [0.15, 0.2) is 40.5 Å². The summed E-state index contributed by atoms with van der Waals surface area (Å²) in [6.45, 7) is 36.3. The number of ketones is 3. The summed E-state index contributed by atoms with van der Waals surface area (Å²) in [6, 6.07) is 9.65. The van der Waals surface area contributed by atoms with Crippen LogP contribution in [0, 0.1) is 64.1 Å². The van der Waals surface area contributed by atoms with Crippen LogP contribution >= 0.6 is 0 Å². The van der Waals surface area contributed by atoms with E-state index in [0.29, 0.717) is 17.8 Å². The second kappa shape index (κ2) is 27.6. The number of ether oxygens (including phenoxy) is 5. The molecule has 2 bridgehead atoms. The van der Waals surface area contributed by atoms with E-state index in [0.717, 1.165) is 12.5 Å². The first kappa shape index (κ1) is 70.9. The standard InChI is InChI=1S/C37H56N2O8.C26H45FO7/c1-12-29-37(11,43)33-23(3)30(38-26(6)40)22(2)18-36(10,32(35(7,8)9)24(4)31(41)25(5)34(42)47-29)45-21-28(20-44-33)39-46-19-27-16-14-13-15-17-27;1-12-17-26(10,32)21(30)15(3)18(28)14(2)13-24(8,33-11)19(23(5,6)7)16(4)20(29)25(9,27)22(31)34-17/h13-17,22-25,29,32-33,43H,12,18-21H2,1-11H3;14-17,19,21,30,32H,12-13H2,1-11H3/b38-30?,39-28+;/t22-,23+,24+,25-,29-,32+,33-,36-,37-;14-,15+,16-,17-,19+,21-,24-,25+,26-/m11/s1. The fourth-order valence-corrected chi connectivity index (χ4v) is 14.1. The van der Waals surface area contributed by atoms with Gasteiger partial charge in [0.25, 0.3) is 5.67 Å². The van der Waals surface area contributed by atoms with E-state index in [1.54, 1.807) is 48.5 Å². The maximum absolute atomic E-state index is 15.8. The number of cyclic esters (lactones) is 2. The Labute approximate surface area is 482 Å². The summed E-state index contributed by atoms with van der Waals surface area (Å²) in [6.07, 6.45) is -4.04. The molecule has 0 unspecified atom stereocenters. The zero-order chi connectivity index (χ0) is 62.3. The lowest BCUT2D eigenvalue weighted by Crippen LogP contribution is -2.59. The second-order valence-electron chi connectivity index (χ2n) is 26.8. The van der Waals surface area contributed by atoms with Crippen LogP contribution in [0.5, 0.6) is 0 Å². The summed E-state index contributed by atoms with van der Waals surface area (Å²) >= 11 is 0. The Balaban J connectivity index is 0.000000449. The number of methoxy groups -OCH3 is 1. The number of hydrogen-bond acceptors (Lipinski definition) is 16. The molecule has 3 fully saturated rings. The number of aliphatic hydroxyl groups is 3. The van der Waals surface area contributed by atoms with Gasteiger partial charge in [0.05, 0.1) is 36.6 Å². The van der Waals surface area contributed by atoms with Crippen molar-refractivity contribution in [3.05, 3.63) is 35.9 Å². The Morgan fingerprint density at radius 3 is 1.78 bits per heavy atom. The van der Waals surface area contributed by atoms with Gasteiger partial charge in [0.15, 0.2) is 5.78 Å². The number of oxime groups is 1. The molecule has 3 aliphatic rings. The van der Waals surface area contributed by atoms with Gasteiger partial charge in [-0.2, -0.15) is 0 Å². The molecule has 0 saturated carbocycles. The largest absolute Gasteiger partial charge is 0.459 e. The van der Waals surface area contributed by atoms with E-state index in [1.807, 2.05) is 78.8 Å². The Hall–Kier alpha value is -4.33. The van der Waals surface area contributed by atoms with Gasteiger partial charge in [-0.15, -0.1) is 0 Å². The van der Waals surface area contributed by atoms with E-state index in [4.69, 9.17) is 28.5 Å². The molecule has 3 heterocycles. The normalized spacial score (nSPS) is 39.7. The van der Waals surface area contributed by atoms with Gasteiger partial charge in [-0.3, -0.25) is 24.0 Å². The van der Waals surface area contributed by atoms with Gasteiger partial charge in [0, 0.05) is 61.2 Å². The first-order chi connectivity index (χ1) is 37.0. The van der Waals surface area contributed by atoms with Crippen molar-refractivity contribution in [3.63, 3.8) is 0 Å². The molecule has 1 aromatic carbocycles. The molecule has 0 spiro atoms. The number of aliphatic imine (C=N–C) groups is 1. The number of benzene rings is 1. The van der Waals surface area contributed by atoms with Crippen molar-refractivity contribution in [2.24, 2.45) is 74.2 Å². The van der Waals surface area contributed by atoms with E-state index in [2.05, 4.69) is 30.9 Å². The Morgan fingerprint density at radius 2 is 1.27 bits per heavy atom. The first-order valence-corrected chi connectivity index (χ1v) is 29.0. The van der Waals surface area contributed by atoms with E-state index in [-0.39, 0.29) is 68.4 Å². The average Bonchev–Trinajstić information content (AvgIpc) is 3.67. The number of nitrogens with zero attached hydrogens (tertiary/aromatic N) is 2. The topological polar surface area (TPSA) is 243 Å². The average molecular weight is 1150 g/mol. The molecule has 3 aliphatic heterocycles. The predicted octanol–water partition coefficient (Wildman–Crippen LogP) is 9.64. The Bertz CT molecular complexity index is 2410. The molecule has 1 aromatic rings. The van der Waals surface area contributed by atoms with Crippen molar-refractivity contribution < 1.29 is 77.0 Å². The maximum Gasteiger partial charge on any atom is 0.351 e. The number of aliphatic hydroxyl groups excluding tert-OH is 1. The third-order valence-corrected chi connectivity index (χ3v) is 17.7. The van der Waals surface area contributed by atoms with E-state index in [9.17, 15) is 44.1 Å². The third kappa shape index (κ3) is 16.5. The number of Topliss-reactive ketones (excluding diaryl/α,β-unsaturated/α-hetero) is 3. The molecular formula is C63H101FN2O15. The van der Waals surface area contributed by atoms with Crippen LogP contribution in [-0.2, 0) is 63.9 Å². The number of rotatable bonds is 6. The number of hydrogen-bond donors (Lipinski definition) is 3. The highest BCUT2D eigenvalue weighted by molar-refractivity contribution is 6.08. The van der Waals surface area contributed by atoms with Crippen molar-refractivity contribution in [1.29, 1.82) is 0 Å². The lowest BCUT2D eigenvalue weighted by Gasteiger charge is -2.49. The Morgan fingerprint density at radius 1 is 0.728 bits per heavy atom. The quantitative estimate of drug-likeness (QED) is 0.136. The number of carbonyl (C=O) groups excluding carboxylic acids is 6. The monoisotopic (exact) mass is 1140 g/mol. The fourth-order valence-electron chi connectivity index (χ4n) is 14.1. The zero-order valence-electron chi connectivity index (χ0n) is 52.9. The second-order valence-corrected chi connectivity index (χ2v) is 26.8. The SMILES string of the molecule is CC[C@H]1OC(=O)[C@@](C)(F)C(=O)[C@H](C)[C@@H](C(C)(C)C)[C@](C)(OC)C[C@@H](C)C(=O)[C@H](C)[C@@H](O)[C@]1(C)O.CC[C@H]1OC(=O)[C@H](C)C(=O)[C@H](C)[C@@H](C(C)(C)C)[C@@]2(C)C[C@@H](C)C(=NC(C)=O)[C@H](C)[C@@H](OC/C(=N\OCc3ccccc3)CO2)[C@]1(C)O. The predicted molar refractivity (Wildman–Crippen MR) is 308 cm³/mol. The number of alkyl halides is 1. The molecule has 0 aliphatic carbocycles. The van der Waals surface area contributed by atoms with Crippen molar-refractivity contribution in [2.45, 2.75) is 230 Å². The number of carbonyl (C=O) groups is 6. The van der Waals surface area contributed by atoms with Crippen molar-refractivity contribution in [2.75, 3.05) is 20.3 Å². The van der Waals surface area contributed by atoms with Crippen LogP contribution in [0.25, 0.3) is 0 Å². The smallest absolute Gasteiger partial charge is 0.351 e. The third-order valence-electron chi connectivity index (χ3n) is 17.7. The zero-order valence-corrected chi connectivity index (χ0v) is 52.9. The molecule has 4 rings (SSSR count). The van der Waals surface area contributed by atoms with Crippen molar-refractivity contribution in [3.8, 4) is 0 Å². The van der Waals surface area contributed by atoms with Crippen molar-refractivity contribution in [1.82, 2.24) is 0 Å². The van der Waals surface area contributed by atoms with Gasteiger partial charge in [0.1, 0.15) is 53.2 Å². The van der Waals surface area contributed by atoms with E-state index < -0.39 is 122 Å². The summed E-state index contributed by atoms with van der Waals surface area (Å²) in [5.74, 6) is -10.1. The molecule has 17 nitrogen and oxygen atoms in total. The van der Waals surface area contributed by atoms with Crippen LogP contribution in [0.4, 0.5) is 4.39 Å². The van der Waals surface area contributed by atoms with Crippen LogP contribution in [0.2, 0.25) is 0 Å². The number of amides is 1. The summed E-state index contributed by atoms with van der Waals surface area (Å²) in [5, 5.41) is 38.7. The Kier molecular flexibility index (Phi) is 24.2. The summed E-state index contributed by atoms with van der Waals surface area (Å²) < 4.78 is 46.3. The molecule has 3 saturated heterocycles. The molecule has 18 atom stereocenters. The van der Waals surface area contributed by atoms with Crippen molar-refractivity contribution >= 4 is 46.6 Å². The minimum atomic E-state index is -2.98. The lowest BCUT2D eigenvalue weighted by molar-refractivity contribution is -0.198. The molecule has 0 radical (unpaired) electrons. The minimum Gasteiger partial charge on any atom is -0.459 e. The fraction of sp³-hybridized carbons (Fsp3) is 0.778. The first-order valence-electron chi connectivity index (χ1n) is 29.0. The van der Waals surface area contributed by atoms with Gasteiger partial charge in [0.2, 0.25) is 5.91 Å². The molecule has 18 heteroatoms. The summed E-state index contributed by atoms with van der Waals surface area (Å²) in [5.41, 5.74) is -7.87. The molecule has 1 amide bonds. The van der Waals surface area contributed by atoms with Gasteiger partial charge in [-0.05, 0) is 89.5 Å². The highest BCUT2D eigenvalue weighted by atomic mass is 19.1. The van der Waals surface area contributed by atoms with Crippen LogP contribution in [0.1, 0.15) is 177 Å². The van der Waals surface area contributed by atoms with Gasteiger partial charge in [-0.1, -0.05) is 132 Å². The minimum absolute atomic E-state index is 0.0239. The highest BCUT2D eigenvalue weighted by Gasteiger charge is 2.57. The highest BCUT2D eigenvalue weighted by Crippen LogP contribution is 2.49. The summed E-state index contributed by atoms with van der Waals surface area (Å²) in [7, 11) is 1.48. The van der Waals surface area contributed by atoms with Crippen LogP contribution < -0.4 is 0 Å². The van der Waals surface area contributed by atoms with Crippen LogP contribution in [0.3, 0.4) is 0 Å². The molecule has 0 aromatic heterocycles. The van der Waals surface area contributed by atoms with Crippen LogP contribution in [-0.4, -0.2) is 135 Å². The lowest BCUT2D eigenvalue weighted by atomic mass is 9.61. The maximum atomic E-state index is 15.8. The molecular weight excluding hydrogens is 1040 g/mol. The molecule has 460 valence electrons. The number of halogens is 1. The molecule has 81 heavy (non-hydrogen) atoms. The number of esters is 2. The molecule has 3 N–H and O–H groups in total.